The number of aromatic nitrogens is 6. The number of pyridine rings is 2. The molecular weight excluding hydrogens is 620 g/mol. The molecule has 40 heavy (non-hydrogen) atoms. The largest absolute Gasteiger partial charge is 0.390 e. The van der Waals surface area contributed by atoms with E-state index in [1.165, 1.54) is 17.2 Å². The van der Waals surface area contributed by atoms with E-state index in [4.69, 9.17) is 11.5 Å². The van der Waals surface area contributed by atoms with Crippen molar-refractivity contribution in [3.05, 3.63) is 36.7 Å². The minimum Gasteiger partial charge on any atom is -0.390 e. The van der Waals surface area contributed by atoms with Crippen LogP contribution in [-0.4, -0.2) is 73.9 Å². The topological polar surface area (TPSA) is 194 Å². The van der Waals surface area contributed by atoms with Gasteiger partial charge in [-0.1, -0.05) is 0 Å². The molecule has 224 valence electrons. The Morgan fingerprint density at radius 1 is 0.625 bits per heavy atom. The highest BCUT2D eigenvalue weighted by molar-refractivity contribution is 5.86. The summed E-state index contributed by atoms with van der Waals surface area (Å²) in [6.07, 6.45) is 3.67. The Morgan fingerprint density at radius 3 is 1.57 bits per heavy atom. The molecule has 12 nitrogen and oxygen atoms in total. The number of anilines is 2. The van der Waals surface area contributed by atoms with Gasteiger partial charge in [-0.15, -0.1) is 49.6 Å². The van der Waals surface area contributed by atoms with Gasteiger partial charge in [-0.25, -0.2) is 28.7 Å². The summed E-state index contributed by atoms with van der Waals surface area (Å²) in [5.74, 6) is -0.771. The smallest absolute Gasteiger partial charge is 0.169 e. The predicted octanol–water partition coefficient (Wildman–Crippen LogP) is 2.11. The van der Waals surface area contributed by atoms with Crippen LogP contribution >= 0.6 is 49.6 Å². The van der Waals surface area contributed by atoms with Crippen LogP contribution in [0.3, 0.4) is 0 Å². The fourth-order valence-corrected chi connectivity index (χ4v) is 5.06. The van der Waals surface area contributed by atoms with Crippen LogP contribution in [0, 0.1) is 11.6 Å². The van der Waals surface area contributed by atoms with E-state index in [0.717, 1.165) is 12.4 Å². The molecule has 18 heteroatoms. The molecule has 0 saturated heterocycles. The zero-order valence-electron chi connectivity index (χ0n) is 20.6. The fraction of sp³-hybridized carbons (Fsp3) is 0.455. The van der Waals surface area contributed by atoms with Gasteiger partial charge in [0, 0.05) is 0 Å². The van der Waals surface area contributed by atoms with Crippen LogP contribution < -0.4 is 11.5 Å². The van der Waals surface area contributed by atoms with E-state index in [1.54, 1.807) is 4.57 Å². The summed E-state index contributed by atoms with van der Waals surface area (Å²) < 4.78 is 30.5. The Kier molecular flexibility index (Phi) is 12.5. The Balaban J connectivity index is 0.000000364. The average Bonchev–Trinajstić information content (AvgIpc) is 3.63. The molecule has 2 saturated carbocycles. The monoisotopic (exact) mass is 648 g/mol. The maximum atomic E-state index is 13.8. The summed E-state index contributed by atoms with van der Waals surface area (Å²) in [4.78, 5) is 15.4. The summed E-state index contributed by atoms with van der Waals surface area (Å²) in [5, 5.41) is 38.9. The summed E-state index contributed by atoms with van der Waals surface area (Å²) in [7, 11) is 0. The molecule has 0 aliphatic heterocycles. The predicted molar refractivity (Wildman–Crippen MR) is 153 cm³/mol. The number of nitrogen functional groups attached to an aromatic ring is 2. The zero-order chi connectivity index (χ0) is 25.7. The number of aliphatic hydroxyl groups excluding tert-OH is 4. The molecule has 2 aliphatic rings. The van der Waals surface area contributed by atoms with Gasteiger partial charge in [0.05, 0.1) is 49.3 Å². The normalized spacial score (nSPS) is 25.2. The summed E-state index contributed by atoms with van der Waals surface area (Å²) in [5.41, 5.74) is 12.4. The standard InChI is InChI=1S/2C11H13FN4O2.4ClH/c12-5-3-14-11(13)8-9(5)16(4-15-8)6-1-2-7(17)10(6)18;12-5-3-14-11(13)9-8(5)15-4-16(9)6-1-2-7(17)10(6)18;;;;/h2*3-4,6-7,10,17-18H,1-2H2,(H2,13,14);4*1H/t2*6-,7-,10+;;;;/m11..../s1. The summed E-state index contributed by atoms with van der Waals surface area (Å²) in [6.45, 7) is 0. The minimum absolute atomic E-state index is 0. The van der Waals surface area contributed by atoms with Crippen molar-refractivity contribution in [1.29, 1.82) is 0 Å². The molecule has 6 rings (SSSR count). The van der Waals surface area contributed by atoms with Crippen LogP contribution in [0.5, 0.6) is 0 Å². The Labute approximate surface area is 251 Å². The molecule has 0 unspecified atom stereocenters. The number of rotatable bonds is 2. The van der Waals surface area contributed by atoms with Gasteiger partial charge >= 0.3 is 0 Å². The highest BCUT2D eigenvalue weighted by atomic mass is 35.5. The second kappa shape index (κ2) is 14.0. The lowest BCUT2D eigenvalue weighted by Gasteiger charge is -2.19. The summed E-state index contributed by atoms with van der Waals surface area (Å²) >= 11 is 0. The van der Waals surface area contributed by atoms with Crippen LogP contribution in [0.2, 0.25) is 0 Å². The third kappa shape index (κ3) is 6.14. The van der Waals surface area contributed by atoms with Gasteiger partial charge in [-0.05, 0) is 25.7 Å². The molecule has 0 radical (unpaired) electrons. The van der Waals surface area contributed by atoms with Crippen molar-refractivity contribution in [1.82, 2.24) is 29.1 Å². The molecule has 8 N–H and O–H groups in total. The lowest BCUT2D eigenvalue weighted by molar-refractivity contribution is 0.0241. The molecule has 2 fully saturated rings. The minimum atomic E-state index is -0.920. The van der Waals surface area contributed by atoms with Crippen molar-refractivity contribution in [2.45, 2.75) is 62.2 Å². The first-order valence-electron chi connectivity index (χ1n) is 11.4. The van der Waals surface area contributed by atoms with Gasteiger partial charge in [0.25, 0.3) is 0 Å². The molecule has 4 heterocycles. The molecule has 0 spiro atoms. The van der Waals surface area contributed by atoms with E-state index < -0.39 is 36.1 Å². The average molecular weight is 650 g/mol. The Bertz CT molecular complexity index is 1320. The summed E-state index contributed by atoms with van der Waals surface area (Å²) in [6, 6.07) is -0.739. The third-order valence-electron chi connectivity index (χ3n) is 6.97. The number of halogens is 6. The number of nitrogens with zero attached hydrogens (tertiary/aromatic N) is 6. The highest BCUT2D eigenvalue weighted by Gasteiger charge is 2.37. The van der Waals surface area contributed by atoms with Crippen LogP contribution in [-0.2, 0) is 0 Å². The molecule has 4 aromatic rings. The number of hydrogen-bond donors (Lipinski definition) is 6. The Morgan fingerprint density at radius 2 is 1.07 bits per heavy atom. The van der Waals surface area contributed by atoms with Crippen molar-refractivity contribution >= 4 is 83.3 Å². The van der Waals surface area contributed by atoms with E-state index in [9.17, 15) is 29.2 Å². The van der Waals surface area contributed by atoms with E-state index in [-0.39, 0.29) is 89.9 Å². The quantitative estimate of drug-likeness (QED) is 0.187. The maximum absolute atomic E-state index is 13.8. The molecule has 2 aliphatic carbocycles. The van der Waals surface area contributed by atoms with Crippen molar-refractivity contribution in [2.75, 3.05) is 11.5 Å². The number of aliphatic hydroxyl groups is 4. The fourth-order valence-electron chi connectivity index (χ4n) is 5.06. The SMILES string of the molecule is Cl.Cl.Cl.Cl.Nc1ncc(F)c2c1ncn2[C@@H]1CC[C@@H](O)[C@H]1O.Nc1ncc(F)c2ncn([C@@H]3CC[C@@H](O)[C@H]3O)c12. The molecular formula is C22H30Cl4F2N8O4. The van der Waals surface area contributed by atoms with Gasteiger partial charge < -0.3 is 41.0 Å². The first-order chi connectivity index (χ1) is 17.2. The van der Waals surface area contributed by atoms with Crippen molar-refractivity contribution < 1.29 is 29.2 Å². The van der Waals surface area contributed by atoms with Gasteiger partial charge in [0.2, 0.25) is 0 Å². The van der Waals surface area contributed by atoms with Gasteiger partial charge in [-0.3, -0.25) is 0 Å². The third-order valence-corrected chi connectivity index (χ3v) is 6.97. The van der Waals surface area contributed by atoms with E-state index in [1.807, 2.05) is 0 Å². The molecule has 4 aromatic heterocycles. The van der Waals surface area contributed by atoms with Gasteiger partial charge in [-0.2, -0.15) is 0 Å². The van der Waals surface area contributed by atoms with Gasteiger partial charge in [0.15, 0.2) is 17.5 Å². The van der Waals surface area contributed by atoms with E-state index in [0.29, 0.717) is 31.2 Å². The van der Waals surface area contributed by atoms with Crippen molar-refractivity contribution in [2.24, 2.45) is 0 Å². The van der Waals surface area contributed by atoms with Crippen molar-refractivity contribution in [3.8, 4) is 0 Å². The number of fused-ring (bicyclic) bond motifs is 2. The Hall–Kier alpha value is -2.30. The highest BCUT2D eigenvalue weighted by Crippen LogP contribution is 2.35. The van der Waals surface area contributed by atoms with Crippen LogP contribution in [0.1, 0.15) is 37.8 Å². The lowest BCUT2D eigenvalue weighted by atomic mass is 10.2. The maximum Gasteiger partial charge on any atom is 0.169 e. The van der Waals surface area contributed by atoms with Crippen LogP contribution in [0.25, 0.3) is 22.1 Å². The van der Waals surface area contributed by atoms with Gasteiger partial charge in [0.1, 0.15) is 40.1 Å². The van der Waals surface area contributed by atoms with Crippen LogP contribution in [0.4, 0.5) is 20.4 Å². The van der Waals surface area contributed by atoms with Crippen molar-refractivity contribution in [3.63, 3.8) is 0 Å². The lowest BCUT2D eigenvalue weighted by Crippen LogP contribution is -2.27. The van der Waals surface area contributed by atoms with E-state index >= 15 is 0 Å². The number of hydrogen-bond acceptors (Lipinski definition) is 10. The number of nitrogens with two attached hydrogens (primary N) is 2. The second-order valence-corrected chi connectivity index (χ2v) is 9.09. The first-order valence-corrected chi connectivity index (χ1v) is 11.4. The first kappa shape index (κ1) is 35.7. The molecule has 0 amide bonds. The van der Waals surface area contributed by atoms with Crippen LogP contribution in [0.15, 0.2) is 25.0 Å². The number of imidazole rings is 2. The molecule has 6 atom stereocenters. The second-order valence-electron chi connectivity index (χ2n) is 9.09. The van der Waals surface area contributed by atoms with E-state index in [2.05, 4.69) is 19.9 Å². The zero-order valence-corrected chi connectivity index (χ0v) is 23.9. The molecule has 0 bridgehead atoms. The molecule has 0 aromatic carbocycles.